The van der Waals surface area contributed by atoms with Crippen LogP contribution in [0.3, 0.4) is 0 Å². The van der Waals surface area contributed by atoms with Crippen molar-refractivity contribution in [3.05, 3.63) is 24.3 Å². The third kappa shape index (κ3) is 4.17. The van der Waals surface area contributed by atoms with Crippen LogP contribution >= 0.6 is 0 Å². The molecule has 7 heteroatoms. The Labute approximate surface area is 159 Å². The molecule has 0 saturated carbocycles. The van der Waals surface area contributed by atoms with E-state index in [1.165, 1.54) is 0 Å². The molecule has 3 rings (SSSR count). The highest BCUT2D eigenvalue weighted by atomic mass is 28.4. The van der Waals surface area contributed by atoms with Gasteiger partial charge in [-0.15, -0.1) is 0 Å². The summed E-state index contributed by atoms with van der Waals surface area (Å²) in [6, 6.07) is 8.11. The van der Waals surface area contributed by atoms with E-state index < -0.39 is 15.4 Å². The Morgan fingerprint density at radius 2 is 1.73 bits per heavy atom. The van der Waals surface area contributed by atoms with Gasteiger partial charge in [-0.25, -0.2) is 0 Å². The first-order valence-electron chi connectivity index (χ1n) is 9.70. The number of hydrogen-bond acceptors (Lipinski definition) is 5. The number of benzene rings is 1. The number of fused-ring (bicyclic) bond motifs is 1. The van der Waals surface area contributed by atoms with Gasteiger partial charge in [0.05, 0.1) is 6.10 Å². The average molecular weight is 376 g/mol. The Bertz CT molecular complexity index is 618. The van der Waals surface area contributed by atoms with Crippen LogP contribution in [0.1, 0.15) is 27.2 Å². The molecule has 2 aliphatic rings. The topological polar surface area (TPSA) is 56.2 Å². The molecule has 2 aliphatic heterocycles. The van der Waals surface area contributed by atoms with E-state index in [1.54, 1.807) is 12.1 Å². The van der Waals surface area contributed by atoms with Crippen molar-refractivity contribution in [1.82, 2.24) is 4.90 Å². The number of piperazine rings is 1. The molecule has 2 heterocycles. The first kappa shape index (κ1) is 19.9. The second-order valence-corrected chi connectivity index (χ2v) is 14.1. The fourth-order valence-corrected chi connectivity index (χ4v) is 5.12. The van der Waals surface area contributed by atoms with E-state index >= 15 is 0 Å². The van der Waals surface area contributed by atoms with E-state index in [-0.39, 0.29) is 5.04 Å². The summed E-state index contributed by atoms with van der Waals surface area (Å²) in [6.07, 6.45) is 1.46. The third-order valence-corrected chi connectivity index (χ3v) is 10.9. The summed E-state index contributed by atoms with van der Waals surface area (Å²) >= 11 is 0. The SMILES string of the molecule is CC(C)(C)[Si](C)(C)O[C@@H]1C[C@H]2CN(c3ccc(B(O)O)cc3)CCN2C1. The standard InChI is InChI=1S/C19H33BN2O3Si/c1-19(2,3)26(4,5)25-18-12-17-13-21(10-11-22(17)14-18)16-8-6-15(7-9-16)20(23)24/h6-9,17-18,23-24H,10-14H2,1-5H3/t17-,18+/m0/s1. The number of anilines is 1. The summed E-state index contributed by atoms with van der Waals surface area (Å²) in [6.45, 7) is 15.7. The molecule has 0 aliphatic carbocycles. The van der Waals surface area contributed by atoms with E-state index in [2.05, 4.69) is 43.7 Å². The maximum absolute atomic E-state index is 9.25. The van der Waals surface area contributed by atoms with Gasteiger partial charge < -0.3 is 19.4 Å². The van der Waals surface area contributed by atoms with Gasteiger partial charge >= 0.3 is 7.12 Å². The second kappa shape index (κ2) is 7.28. The molecule has 1 aromatic carbocycles. The maximum atomic E-state index is 9.25. The van der Waals surface area contributed by atoms with E-state index in [0.29, 0.717) is 17.6 Å². The van der Waals surface area contributed by atoms with Crippen molar-refractivity contribution in [2.24, 2.45) is 0 Å². The highest BCUT2D eigenvalue weighted by Crippen LogP contribution is 2.39. The van der Waals surface area contributed by atoms with E-state index in [0.717, 1.165) is 38.3 Å². The van der Waals surface area contributed by atoms with Crippen molar-refractivity contribution < 1.29 is 14.5 Å². The van der Waals surface area contributed by atoms with Crippen molar-refractivity contribution in [2.75, 3.05) is 31.1 Å². The molecular formula is C19H33BN2O3Si. The molecule has 0 unspecified atom stereocenters. The Kier molecular flexibility index (Phi) is 5.57. The molecule has 1 aromatic rings. The molecule has 0 spiro atoms. The normalized spacial score (nSPS) is 24.7. The average Bonchev–Trinajstić information content (AvgIpc) is 2.94. The van der Waals surface area contributed by atoms with E-state index in [9.17, 15) is 10.0 Å². The lowest BCUT2D eigenvalue weighted by Gasteiger charge is -2.38. The zero-order valence-electron chi connectivity index (χ0n) is 16.8. The van der Waals surface area contributed by atoms with Crippen molar-refractivity contribution >= 4 is 26.6 Å². The molecule has 2 saturated heterocycles. The van der Waals surface area contributed by atoms with Crippen molar-refractivity contribution in [2.45, 2.75) is 57.5 Å². The van der Waals surface area contributed by atoms with Crippen LogP contribution in [0, 0.1) is 0 Å². The van der Waals surface area contributed by atoms with Crippen molar-refractivity contribution in [1.29, 1.82) is 0 Å². The van der Waals surface area contributed by atoms with Crippen LogP contribution < -0.4 is 10.4 Å². The zero-order chi connectivity index (χ0) is 19.1. The van der Waals surface area contributed by atoms with E-state index in [1.807, 2.05) is 12.1 Å². The van der Waals surface area contributed by atoms with Crippen LogP contribution in [0.25, 0.3) is 0 Å². The molecule has 2 N–H and O–H groups in total. The molecule has 0 radical (unpaired) electrons. The Hall–Kier alpha value is -0.858. The fraction of sp³-hybridized carbons (Fsp3) is 0.684. The Balaban J connectivity index is 1.61. The minimum Gasteiger partial charge on any atom is -0.423 e. The van der Waals surface area contributed by atoms with Crippen LogP contribution in [0.2, 0.25) is 18.1 Å². The first-order valence-corrected chi connectivity index (χ1v) is 12.6. The van der Waals surface area contributed by atoms with Gasteiger partial charge in [0, 0.05) is 37.9 Å². The van der Waals surface area contributed by atoms with Crippen LogP contribution in [-0.4, -0.2) is 68.7 Å². The summed E-state index contributed by atoms with van der Waals surface area (Å²) in [5.41, 5.74) is 1.69. The van der Waals surface area contributed by atoms with Gasteiger partial charge in [-0.05, 0) is 42.1 Å². The highest BCUT2D eigenvalue weighted by Gasteiger charge is 2.43. The molecule has 0 amide bonds. The van der Waals surface area contributed by atoms with Crippen LogP contribution in [0.4, 0.5) is 5.69 Å². The summed E-state index contributed by atoms with van der Waals surface area (Å²) < 4.78 is 6.66. The summed E-state index contributed by atoms with van der Waals surface area (Å²) in [5.74, 6) is 0. The molecule has 5 nitrogen and oxygen atoms in total. The van der Waals surface area contributed by atoms with Crippen molar-refractivity contribution in [3.8, 4) is 0 Å². The predicted molar refractivity (Wildman–Crippen MR) is 111 cm³/mol. The molecule has 26 heavy (non-hydrogen) atoms. The number of nitrogens with zero attached hydrogens (tertiary/aromatic N) is 2. The van der Waals surface area contributed by atoms with Gasteiger partial charge in [0.2, 0.25) is 0 Å². The van der Waals surface area contributed by atoms with Crippen LogP contribution in [0.5, 0.6) is 0 Å². The minimum atomic E-state index is -1.72. The van der Waals surface area contributed by atoms with Gasteiger partial charge in [0.15, 0.2) is 8.32 Å². The smallest absolute Gasteiger partial charge is 0.423 e. The van der Waals surface area contributed by atoms with Gasteiger partial charge in [-0.1, -0.05) is 32.9 Å². The maximum Gasteiger partial charge on any atom is 0.488 e. The highest BCUT2D eigenvalue weighted by molar-refractivity contribution is 6.74. The number of rotatable bonds is 4. The zero-order valence-corrected chi connectivity index (χ0v) is 17.8. The molecule has 0 bridgehead atoms. The lowest BCUT2D eigenvalue weighted by atomic mass is 9.80. The number of hydrogen-bond donors (Lipinski definition) is 2. The summed E-state index contributed by atoms with van der Waals surface area (Å²) in [7, 11) is -3.12. The third-order valence-electron chi connectivity index (χ3n) is 6.40. The minimum absolute atomic E-state index is 0.251. The van der Waals surface area contributed by atoms with Crippen LogP contribution in [0.15, 0.2) is 24.3 Å². The Morgan fingerprint density at radius 3 is 2.31 bits per heavy atom. The first-order chi connectivity index (χ1) is 12.1. The fourth-order valence-electron chi connectivity index (χ4n) is 3.77. The van der Waals surface area contributed by atoms with Crippen molar-refractivity contribution in [3.63, 3.8) is 0 Å². The van der Waals surface area contributed by atoms with Gasteiger partial charge in [-0.2, -0.15) is 0 Å². The quantitative estimate of drug-likeness (QED) is 0.783. The van der Waals surface area contributed by atoms with E-state index in [4.69, 9.17) is 4.43 Å². The Morgan fingerprint density at radius 1 is 1.08 bits per heavy atom. The molecule has 2 atom stereocenters. The molecule has 0 aromatic heterocycles. The summed E-state index contributed by atoms with van der Waals surface area (Å²) in [5, 5.41) is 18.8. The van der Waals surface area contributed by atoms with Crippen LogP contribution in [-0.2, 0) is 4.43 Å². The predicted octanol–water partition coefficient (Wildman–Crippen LogP) is 1.65. The van der Waals surface area contributed by atoms with Gasteiger partial charge in [-0.3, -0.25) is 4.90 Å². The lowest BCUT2D eigenvalue weighted by molar-refractivity contribution is 0.177. The molecule has 144 valence electrons. The molecule has 2 fully saturated rings. The molecular weight excluding hydrogens is 343 g/mol. The van der Waals surface area contributed by atoms with Gasteiger partial charge in [0.25, 0.3) is 0 Å². The van der Waals surface area contributed by atoms with Gasteiger partial charge in [0.1, 0.15) is 0 Å². The largest absolute Gasteiger partial charge is 0.488 e. The second-order valence-electron chi connectivity index (χ2n) is 9.30. The lowest BCUT2D eigenvalue weighted by Crippen LogP contribution is -2.50. The monoisotopic (exact) mass is 376 g/mol. The summed E-state index contributed by atoms with van der Waals surface area (Å²) in [4.78, 5) is 4.99.